The van der Waals surface area contributed by atoms with E-state index in [2.05, 4.69) is 5.32 Å². The van der Waals surface area contributed by atoms with Gasteiger partial charge in [-0.1, -0.05) is 19.9 Å². The molecule has 3 N–H and O–H groups in total. The molecule has 2 atom stereocenters. The van der Waals surface area contributed by atoms with Crippen molar-refractivity contribution in [2.75, 3.05) is 0 Å². The van der Waals surface area contributed by atoms with Crippen LogP contribution in [0.4, 0.5) is 0 Å². The van der Waals surface area contributed by atoms with Crippen molar-refractivity contribution in [2.24, 2.45) is 11.7 Å². The fourth-order valence-corrected chi connectivity index (χ4v) is 1.96. The van der Waals surface area contributed by atoms with Crippen LogP contribution in [-0.4, -0.2) is 11.9 Å². The average Bonchev–Trinajstić information content (AvgIpc) is 2.68. The van der Waals surface area contributed by atoms with Crippen LogP contribution in [0, 0.1) is 5.92 Å². The van der Waals surface area contributed by atoms with Crippen LogP contribution in [0.25, 0.3) is 0 Å². The van der Waals surface area contributed by atoms with Crippen molar-refractivity contribution in [3.63, 3.8) is 0 Å². The van der Waals surface area contributed by atoms with Gasteiger partial charge >= 0.3 is 0 Å². The van der Waals surface area contributed by atoms with E-state index in [0.717, 1.165) is 4.88 Å². The van der Waals surface area contributed by atoms with Gasteiger partial charge in [0.1, 0.15) is 0 Å². The number of hydrogen-bond acceptors (Lipinski definition) is 3. The molecule has 1 amide bonds. The maximum atomic E-state index is 11.7. The molecule has 84 valence electrons. The minimum atomic E-state index is -0.424. The van der Waals surface area contributed by atoms with E-state index in [4.69, 9.17) is 5.73 Å². The molecule has 0 aliphatic carbocycles. The number of nitrogens with two attached hydrogens (primary N) is 1. The molecule has 1 rings (SSSR count). The van der Waals surface area contributed by atoms with Crippen molar-refractivity contribution in [2.45, 2.75) is 32.9 Å². The van der Waals surface area contributed by atoms with Crippen molar-refractivity contribution in [3.8, 4) is 0 Å². The van der Waals surface area contributed by atoms with E-state index in [-0.39, 0.29) is 17.9 Å². The molecule has 0 aliphatic rings. The highest BCUT2D eigenvalue weighted by molar-refractivity contribution is 7.10. The summed E-state index contributed by atoms with van der Waals surface area (Å²) in [6.45, 7) is 5.86. The van der Waals surface area contributed by atoms with Crippen LogP contribution in [0.5, 0.6) is 0 Å². The summed E-state index contributed by atoms with van der Waals surface area (Å²) in [6.07, 6.45) is 0. The van der Waals surface area contributed by atoms with Gasteiger partial charge in [-0.15, -0.1) is 11.3 Å². The predicted octanol–water partition coefficient (Wildman–Crippen LogP) is 1.91. The Hall–Kier alpha value is -0.870. The second-order valence-electron chi connectivity index (χ2n) is 4.02. The molecule has 0 aromatic carbocycles. The van der Waals surface area contributed by atoms with Crippen LogP contribution in [-0.2, 0) is 4.79 Å². The van der Waals surface area contributed by atoms with E-state index in [1.54, 1.807) is 11.3 Å². The topological polar surface area (TPSA) is 55.1 Å². The van der Waals surface area contributed by atoms with Crippen molar-refractivity contribution in [3.05, 3.63) is 22.4 Å². The number of carbonyl (C=O) groups is 1. The minimum Gasteiger partial charge on any atom is -0.347 e. The summed E-state index contributed by atoms with van der Waals surface area (Å²) in [7, 11) is 0. The Bertz CT molecular complexity index is 308. The van der Waals surface area contributed by atoms with Crippen LogP contribution in [0.3, 0.4) is 0 Å². The molecular formula is C11H18N2OS. The van der Waals surface area contributed by atoms with Crippen LogP contribution in [0.1, 0.15) is 31.7 Å². The van der Waals surface area contributed by atoms with Gasteiger partial charge in [-0.2, -0.15) is 0 Å². The summed E-state index contributed by atoms with van der Waals surface area (Å²) in [5, 5.41) is 4.91. The lowest BCUT2D eigenvalue weighted by atomic mass is 10.0. The fourth-order valence-electron chi connectivity index (χ4n) is 1.22. The zero-order valence-corrected chi connectivity index (χ0v) is 10.2. The lowest BCUT2D eigenvalue weighted by Crippen LogP contribution is -2.44. The third-order valence-corrected chi connectivity index (χ3v) is 3.40. The van der Waals surface area contributed by atoms with Crippen LogP contribution < -0.4 is 11.1 Å². The lowest BCUT2D eigenvalue weighted by molar-refractivity contribution is -0.123. The van der Waals surface area contributed by atoms with E-state index in [1.807, 2.05) is 38.3 Å². The van der Waals surface area contributed by atoms with Gasteiger partial charge < -0.3 is 11.1 Å². The third-order valence-electron chi connectivity index (χ3n) is 2.35. The van der Waals surface area contributed by atoms with Crippen LogP contribution in [0.2, 0.25) is 0 Å². The summed E-state index contributed by atoms with van der Waals surface area (Å²) < 4.78 is 0. The molecule has 0 fully saturated rings. The first kappa shape index (κ1) is 12.2. The second kappa shape index (κ2) is 5.28. The second-order valence-corrected chi connectivity index (χ2v) is 4.99. The number of nitrogens with one attached hydrogen (secondary N) is 1. The summed E-state index contributed by atoms with van der Waals surface area (Å²) in [5.41, 5.74) is 5.75. The molecule has 15 heavy (non-hydrogen) atoms. The van der Waals surface area contributed by atoms with Crippen LogP contribution >= 0.6 is 11.3 Å². The zero-order valence-electron chi connectivity index (χ0n) is 9.36. The molecular weight excluding hydrogens is 208 g/mol. The predicted molar refractivity (Wildman–Crippen MR) is 63.7 cm³/mol. The molecule has 0 aliphatic heterocycles. The Labute approximate surface area is 94.7 Å². The SMILES string of the molecule is CC(C)[C@@H](N)C(=O)N[C@H](C)c1cccs1. The highest BCUT2D eigenvalue weighted by Crippen LogP contribution is 2.18. The molecule has 1 aromatic rings. The zero-order chi connectivity index (χ0) is 11.4. The molecule has 0 radical (unpaired) electrons. The quantitative estimate of drug-likeness (QED) is 0.824. The van der Waals surface area contributed by atoms with Gasteiger partial charge in [-0.25, -0.2) is 0 Å². The molecule has 0 saturated heterocycles. The Morgan fingerprint density at radius 2 is 2.13 bits per heavy atom. The van der Waals surface area contributed by atoms with Gasteiger partial charge in [0.25, 0.3) is 0 Å². The maximum absolute atomic E-state index is 11.7. The van der Waals surface area contributed by atoms with Gasteiger partial charge in [-0.3, -0.25) is 4.79 Å². The number of thiophene rings is 1. The Morgan fingerprint density at radius 3 is 2.60 bits per heavy atom. The first-order chi connectivity index (χ1) is 7.02. The highest BCUT2D eigenvalue weighted by Gasteiger charge is 2.19. The number of hydrogen-bond donors (Lipinski definition) is 2. The summed E-state index contributed by atoms with van der Waals surface area (Å²) in [5.74, 6) is 0.0893. The molecule has 0 spiro atoms. The summed E-state index contributed by atoms with van der Waals surface area (Å²) in [4.78, 5) is 12.8. The van der Waals surface area contributed by atoms with E-state index in [1.165, 1.54) is 0 Å². The number of carbonyl (C=O) groups excluding carboxylic acids is 1. The molecule has 3 nitrogen and oxygen atoms in total. The van der Waals surface area contributed by atoms with E-state index in [0.29, 0.717) is 0 Å². The molecule has 0 saturated carbocycles. The van der Waals surface area contributed by atoms with Crippen molar-refractivity contribution >= 4 is 17.2 Å². The monoisotopic (exact) mass is 226 g/mol. The smallest absolute Gasteiger partial charge is 0.237 e. The Balaban J connectivity index is 2.52. The van der Waals surface area contributed by atoms with Crippen molar-refractivity contribution < 1.29 is 4.79 Å². The molecule has 1 aromatic heterocycles. The van der Waals surface area contributed by atoms with Gasteiger partial charge in [0.15, 0.2) is 0 Å². The average molecular weight is 226 g/mol. The van der Waals surface area contributed by atoms with E-state index < -0.39 is 6.04 Å². The molecule has 4 heteroatoms. The fraction of sp³-hybridized carbons (Fsp3) is 0.545. The maximum Gasteiger partial charge on any atom is 0.237 e. The molecule has 1 heterocycles. The number of amides is 1. The van der Waals surface area contributed by atoms with Crippen molar-refractivity contribution in [1.29, 1.82) is 0 Å². The minimum absolute atomic E-state index is 0.0438. The van der Waals surface area contributed by atoms with Gasteiger partial charge in [0.05, 0.1) is 12.1 Å². The summed E-state index contributed by atoms with van der Waals surface area (Å²) >= 11 is 1.64. The van der Waals surface area contributed by atoms with E-state index in [9.17, 15) is 4.79 Å². The standard InChI is InChI=1S/C11H18N2OS/c1-7(2)10(12)11(14)13-8(3)9-5-4-6-15-9/h4-8,10H,12H2,1-3H3,(H,13,14)/t8-,10-/m1/s1. The highest BCUT2D eigenvalue weighted by atomic mass is 32.1. The lowest BCUT2D eigenvalue weighted by Gasteiger charge is -2.18. The first-order valence-corrected chi connectivity index (χ1v) is 5.99. The van der Waals surface area contributed by atoms with Crippen LogP contribution in [0.15, 0.2) is 17.5 Å². The first-order valence-electron chi connectivity index (χ1n) is 5.11. The Kier molecular flexibility index (Phi) is 4.29. The van der Waals surface area contributed by atoms with Gasteiger partial charge in [0, 0.05) is 4.88 Å². The number of rotatable bonds is 4. The van der Waals surface area contributed by atoms with Crippen molar-refractivity contribution in [1.82, 2.24) is 5.32 Å². The largest absolute Gasteiger partial charge is 0.347 e. The Morgan fingerprint density at radius 1 is 1.47 bits per heavy atom. The van der Waals surface area contributed by atoms with E-state index >= 15 is 0 Å². The molecule has 0 unspecified atom stereocenters. The van der Waals surface area contributed by atoms with Gasteiger partial charge in [-0.05, 0) is 24.3 Å². The van der Waals surface area contributed by atoms with Gasteiger partial charge in [0.2, 0.25) is 5.91 Å². The molecule has 0 bridgehead atoms. The normalized spacial score (nSPS) is 15.0. The third kappa shape index (κ3) is 3.32. The summed E-state index contributed by atoms with van der Waals surface area (Å²) in [6, 6.07) is 3.61.